The quantitative estimate of drug-likeness (QED) is 0.310. The summed E-state index contributed by atoms with van der Waals surface area (Å²) in [5.41, 5.74) is 3.82. The molecule has 5 aromatic rings. The lowest BCUT2D eigenvalue weighted by Crippen LogP contribution is -2.28. The van der Waals surface area contributed by atoms with Gasteiger partial charge in [-0.15, -0.1) is 0 Å². The first kappa shape index (κ1) is 20.5. The minimum atomic E-state index is -0.256. The van der Waals surface area contributed by atoms with E-state index in [9.17, 15) is 4.79 Å². The van der Waals surface area contributed by atoms with Gasteiger partial charge in [0.05, 0.1) is 23.6 Å². The van der Waals surface area contributed by atoms with Crippen molar-refractivity contribution < 1.29 is 4.79 Å². The van der Waals surface area contributed by atoms with Gasteiger partial charge >= 0.3 is 0 Å². The van der Waals surface area contributed by atoms with Crippen LogP contribution in [0, 0.1) is 0 Å². The van der Waals surface area contributed by atoms with Gasteiger partial charge in [0.1, 0.15) is 5.82 Å². The van der Waals surface area contributed by atoms with Gasteiger partial charge in [-0.05, 0) is 59.7 Å². The van der Waals surface area contributed by atoms with Crippen molar-refractivity contribution in [3.8, 4) is 0 Å². The Morgan fingerprint density at radius 3 is 2.50 bits per heavy atom. The molecule has 1 amide bonds. The molecule has 0 fully saturated rings. The summed E-state index contributed by atoms with van der Waals surface area (Å²) in [4.78, 5) is 17.7. The highest BCUT2D eigenvalue weighted by Crippen LogP contribution is 2.26. The number of para-hydroxylation sites is 2. The molecule has 1 N–H and O–H groups in total. The van der Waals surface area contributed by atoms with Crippen LogP contribution in [0.2, 0.25) is 0 Å². The molecule has 4 aromatic carbocycles. The zero-order valence-electron chi connectivity index (χ0n) is 17.6. The fourth-order valence-corrected chi connectivity index (χ4v) is 4.40. The molecular weight excluding hydrogens is 462 g/mol. The summed E-state index contributed by atoms with van der Waals surface area (Å²) in [5.74, 6) is 0.721. The third kappa shape index (κ3) is 3.92. The number of fused-ring (bicyclic) bond motifs is 2. The van der Waals surface area contributed by atoms with Crippen molar-refractivity contribution in [2.45, 2.75) is 19.5 Å². The van der Waals surface area contributed by atoms with Crippen LogP contribution in [0.4, 0.5) is 0 Å². The Bertz CT molecular complexity index is 1420. The van der Waals surface area contributed by atoms with Gasteiger partial charge in [-0.1, -0.05) is 70.5 Å². The fourth-order valence-electron chi connectivity index (χ4n) is 4.14. The summed E-state index contributed by atoms with van der Waals surface area (Å²) in [7, 11) is 0. The molecule has 0 saturated carbocycles. The van der Waals surface area contributed by atoms with Crippen LogP contribution in [-0.4, -0.2) is 15.5 Å². The monoisotopic (exact) mass is 483 g/mol. The molecule has 5 heteroatoms. The lowest BCUT2D eigenvalue weighted by atomic mass is 10.0. The first-order chi connectivity index (χ1) is 15.6. The van der Waals surface area contributed by atoms with E-state index in [1.165, 1.54) is 16.3 Å². The van der Waals surface area contributed by atoms with Crippen molar-refractivity contribution in [1.82, 2.24) is 14.9 Å². The van der Waals surface area contributed by atoms with Crippen LogP contribution in [0.5, 0.6) is 0 Å². The van der Waals surface area contributed by atoms with Crippen LogP contribution in [0.1, 0.15) is 34.7 Å². The number of rotatable bonds is 5. The molecular formula is C27H22BrN3O. The molecule has 4 nitrogen and oxygen atoms in total. The largest absolute Gasteiger partial charge is 0.342 e. The second-order valence-electron chi connectivity index (χ2n) is 7.89. The van der Waals surface area contributed by atoms with E-state index in [0.717, 1.165) is 21.3 Å². The zero-order valence-corrected chi connectivity index (χ0v) is 19.2. The number of benzene rings is 4. The van der Waals surface area contributed by atoms with Gasteiger partial charge in [0.2, 0.25) is 0 Å². The van der Waals surface area contributed by atoms with E-state index in [2.05, 4.69) is 74.3 Å². The van der Waals surface area contributed by atoms with E-state index >= 15 is 0 Å². The van der Waals surface area contributed by atoms with E-state index in [4.69, 9.17) is 4.98 Å². The summed E-state index contributed by atoms with van der Waals surface area (Å²) >= 11 is 3.41. The molecule has 1 heterocycles. The average Bonchev–Trinajstić information content (AvgIpc) is 3.18. The lowest BCUT2D eigenvalue weighted by molar-refractivity contribution is 0.0937. The molecule has 1 atom stereocenters. The standard InChI is InChI=1S/C27H22BrN3O/c1-18(29-27(32)20-13-15-22(28)16-14-20)26-30-24-11-4-5-12-25(24)31(26)17-21-9-6-8-19-7-2-3-10-23(19)21/h2-16,18H,17H2,1H3,(H,29,32). The molecule has 5 rings (SSSR count). The zero-order chi connectivity index (χ0) is 22.1. The summed E-state index contributed by atoms with van der Waals surface area (Å²) in [5, 5.41) is 5.56. The maximum atomic E-state index is 12.8. The molecule has 0 bridgehead atoms. The van der Waals surface area contributed by atoms with Crippen LogP contribution in [0.3, 0.4) is 0 Å². The third-order valence-electron chi connectivity index (χ3n) is 5.73. The number of nitrogens with zero attached hydrogens (tertiary/aromatic N) is 2. The van der Waals surface area contributed by atoms with E-state index in [0.29, 0.717) is 12.1 Å². The van der Waals surface area contributed by atoms with Gasteiger partial charge in [0.25, 0.3) is 5.91 Å². The number of nitrogens with one attached hydrogen (secondary N) is 1. The molecule has 0 aliphatic rings. The van der Waals surface area contributed by atoms with Gasteiger partial charge in [-0.3, -0.25) is 4.79 Å². The van der Waals surface area contributed by atoms with Gasteiger partial charge in [0.15, 0.2) is 0 Å². The van der Waals surface area contributed by atoms with E-state index in [1.807, 2.05) is 49.4 Å². The maximum absolute atomic E-state index is 12.8. The molecule has 1 aromatic heterocycles. The van der Waals surface area contributed by atoms with Crippen molar-refractivity contribution in [3.05, 3.63) is 112 Å². The second-order valence-corrected chi connectivity index (χ2v) is 8.80. The summed E-state index contributed by atoms with van der Waals surface area (Å²) in [6.07, 6.45) is 0. The van der Waals surface area contributed by atoms with E-state index < -0.39 is 0 Å². The first-order valence-corrected chi connectivity index (χ1v) is 11.4. The predicted molar refractivity (Wildman–Crippen MR) is 133 cm³/mol. The van der Waals surface area contributed by atoms with Crippen molar-refractivity contribution in [2.24, 2.45) is 0 Å². The van der Waals surface area contributed by atoms with Gasteiger partial charge in [-0.2, -0.15) is 0 Å². The molecule has 1 unspecified atom stereocenters. The van der Waals surface area contributed by atoms with Crippen molar-refractivity contribution in [2.75, 3.05) is 0 Å². The topological polar surface area (TPSA) is 46.9 Å². The molecule has 32 heavy (non-hydrogen) atoms. The molecule has 0 saturated heterocycles. The van der Waals surface area contributed by atoms with Crippen LogP contribution < -0.4 is 5.32 Å². The maximum Gasteiger partial charge on any atom is 0.251 e. The van der Waals surface area contributed by atoms with Gasteiger partial charge in [0, 0.05) is 10.0 Å². The average molecular weight is 484 g/mol. The molecule has 0 aliphatic carbocycles. The number of aromatic nitrogens is 2. The number of carbonyl (C=O) groups excluding carboxylic acids is 1. The summed E-state index contributed by atoms with van der Waals surface area (Å²) < 4.78 is 3.16. The Labute approximate surface area is 195 Å². The van der Waals surface area contributed by atoms with Gasteiger partial charge in [-0.25, -0.2) is 4.98 Å². The van der Waals surface area contributed by atoms with E-state index in [-0.39, 0.29) is 11.9 Å². The van der Waals surface area contributed by atoms with Crippen LogP contribution in [0.25, 0.3) is 21.8 Å². The third-order valence-corrected chi connectivity index (χ3v) is 6.26. The minimum Gasteiger partial charge on any atom is -0.342 e. The summed E-state index contributed by atoms with van der Waals surface area (Å²) in [6, 6.07) is 30.0. The highest BCUT2D eigenvalue weighted by molar-refractivity contribution is 9.10. The number of hydrogen-bond acceptors (Lipinski definition) is 2. The smallest absolute Gasteiger partial charge is 0.251 e. The van der Waals surface area contributed by atoms with Gasteiger partial charge < -0.3 is 9.88 Å². The molecule has 158 valence electrons. The summed E-state index contributed by atoms with van der Waals surface area (Å²) in [6.45, 7) is 2.66. The number of amides is 1. The van der Waals surface area contributed by atoms with Crippen molar-refractivity contribution in [3.63, 3.8) is 0 Å². The Morgan fingerprint density at radius 1 is 0.938 bits per heavy atom. The highest BCUT2D eigenvalue weighted by atomic mass is 79.9. The Morgan fingerprint density at radius 2 is 1.66 bits per heavy atom. The van der Waals surface area contributed by atoms with Crippen LogP contribution in [-0.2, 0) is 6.54 Å². The van der Waals surface area contributed by atoms with E-state index in [1.54, 1.807) is 0 Å². The fraction of sp³-hybridized carbons (Fsp3) is 0.111. The number of imidazole rings is 1. The SMILES string of the molecule is CC(NC(=O)c1ccc(Br)cc1)c1nc2ccccc2n1Cc1cccc2ccccc12. The predicted octanol–water partition coefficient (Wildman–Crippen LogP) is 6.49. The Kier molecular flexibility index (Phi) is 5.50. The minimum absolute atomic E-state index is 0.117. The normalized spacial score (nSPS) is 12.2. The Hall–Kier alpha value is -3.44. The van der Waals surface area contributed by atoms with Crippen LogP contribution in [0.15, 0.2) is 95.5 Å². The lowest BCUT2D eigenvalue weighted by Gasteiger charge is -2.17. The Balaban J connectivity index is 1.53. The van der Waals surface area contributed by atoms with Crippen molar-refractivity contribution in [1.29, 1.82) is 0 Å². The molecule has 0 aliphatic heterocycles. The van der Waals surface area contributed by atoms with Crippen LogP contribution >= 0.6 is 15.9 Å². The first-order valence-electron chi connectivity index (χ1n) is 10.6. The van der Waals surface area contributed by atoms with Crippen molar-refractivity contribution >= 4 is 43.6 Å². The molecule has 0 spiro atoms. The second kappa shape index (κ2) is 8.60. The number of halogens is 1. The number of hydrogen-bond donors (Lipinski definition) is 1. The highest BCUT2D eigenvalue weighted by Gasteiger charge is 2.19. The number of carbonyl (C=O) groups is 1. The molecule has 0 radical (unpaired) electrons.